The molecule has 0 amide bonds. The van der Waals surface area contributed by atoms with E-state index in [0.717, 1.165) is 50.1 Å². The van der Waals surface area contributed by atoms with Crippen LogP contribution in [0.25, 0.3) is 0 Å². The molecule has 1 atom stereocenters. The van der Waals surface area contributed by atoms with Gasteiger partial charge in [-0.1, -0.05) is 24.3 Å². The lowest BCUT2D eigenvalue weighted by Gasteiger charge is -2.20. The lowest BCUT2D eigenvalue weighted by atomic mass is 10.1. The molecule has 1 fully saturated rings. The van der Waals surface area contributed by atoms with E-state index >= 15 is 0 Å². The minimum absolute atomic E-state index is 0.598. The number of rotatable bonds is 9. The van der Waals surface area contributed by atoms with E-state index in [4.69, 9.17) is 9.47 Å². The SMILES string of the molecule is CN=C(NCCCOc1ccccc1)NCC1CCN(c2cccc(OC)c2)C1. The van der Waals surface area contributed by atoms with Crippen LogP contribution in [0.1, 0.15) is 12.8 Å². The third kappa shape index (κ3) is 6.59. The topological polar surface area (TPSA) is 58.1 Å². The van der Waals surface area contributed by atoms with Crippen LogP contribution in [-0.4, -0.2) is 52.9 Å². The molecule has 1 aliphatic heterocycles. The van der Waals surface area contributed by atoms with Crippen molar-refractivity contribution in [2.24, 2.45) is 10.9 Å². The summed E-state index contributed by atoms with van der Waals surface area (Å²) in [6.07, 6.45) is 2.09. The number of para-hydroxylation sites is 1. The Balaban J connectivity index is 1.33. The summed E-state index contributed by atoms with van der Waals surface area (Å²) in [5.41, 5.74) is 1.23. The molecule has 6 nitrogen and oxygen atoms in total. The molecule has 1 unspecified atom stereocenters. The molecule has 2 aromatic carbocycles. The molecule has 1 saturated heterocycles. The Morgan fingerprint density at radius 2 is 1.93 bits per heavy atom. The molecular weight excluding hydrogens is 364 g/mol. The van der Waals surface area contributed by atoms with E-state index in [-0.39, 0.29) is 0 Å². The average Bonchev–Trinajstić information content (AvgIpc) is 3.25. The summed E-state index contributed by atoms with van der Waals surface area (Å²) in [7, 11) is 3.52. The fourth-order valence-corrected chi connectivity index (χ4v) is 3.49. The number of hydrogen-bond donors (Lipinski definition) is 2. The van der Waals surface area contributed by atoms with Gasteiger partial charge in [-0.2, -0.15) is 0 Å². The van der Waals surface area contributed by atoms with Gasteiger partial charge in [0.05, 0.1) is 13.7 Å². The fourth-order valence-electron chi connectivity index (χ4n) is 3.49. The van der Waals surface area contributed by atoms with Crippen LogP contribution in [0.3, 0.4) is 0 Å². The van der Waals surface area contributed by atoms with Crippen molar-refractivity contribution in [2.75, 3.05) is 51.8 Å². The van der Waals surface area contributed by atoms with E-state index in [1.165, 1.54) is 12.1 Å². The summed E-state index contributed by atoms with van der Waals surface area (Å²) in [5, 5.41) is 6.83. The van der Waals surface area contributed by atoms with Crippen molar-refractivity contribution >= 4 is 11.6 Å². The number of benzene rings is 2. The number of aliphatic imine (C=N–C) groups is 1. The first-order valence-electron chi connectivity index (χ1n) is 10.3. The summed E-state index contributed by atoms with van der Waals surface area (Å²) >= 11 is 0. The second kappa shape index (κ2) is 11.2. The van der Waals surface area contributed by atoms with E-state index in [1.54, 1.807) is 7.11 Å². The van der Waals surface area contributed by atoms with Crippen molar-refractivity contribution in [3.8, 4) is 11.5 Å². The molecule has 0 radical (unpaired) electrons. The van der Waals surface area contributed by atoms with Crippen molar-refractivity contribution < 1.29 is 9.47 Å². The molecule has 3 rings (SSSR count). The molecular formula is C23H32N4O2. The van der Waals surface area contributed by atoms with Crippen LogP contribution < -0.4 is 25.0 Å². The van der Waals surface area contributed by atoms with Gasteiger partial charge in [0.1, 0.15) is 11.5 Å². The number of methoxy groups -OCH3 is 1. The minimum Gasteiger partial charge on any atom is -0.497 e. The highest BCUT2D eigenvalue weighted by Gasteiger charge is 2.23. The smallest absolute Gasteiger partial charge is 0.190 e. The molecule has 1 aliphatic rings. The normalized spacial score (nSPS) is 16.6. The maximum absolute atomic E-state index is 5.72. The predicted molar refractivity (Wildman–Crippen MR) is 119 cm³/mol. The van der Waals surface area contributed by atoms with Crippen molar-refractivity contribution in [1.29, 1.82) is 0 Å². The first-order chi connectivity index (χ1) is 14.3. The zero-order valence-electron chi connectivity index (χ0n) is 17.4. The third-order valence-corrected chi connectivity index (χ3v) is 5.11. The maximum Gasteiger partial charge on any atom is 0.190 e. The Kier molecular flexibility index (Phi) is 8.04. The Morgan fingerprint density at radius 1 is 1.10 bits per heavy atom. The summed E-state index contributed by atoms with van der Waals surface area (Å²) in [5.74, 6) is 3.27. The van der Waals surface area contributed by atoms with E-state index in [9.17, 15) is 0 Å². The molecule has 156 valence electrons. The Morgan fingerprint density at radius 3 is 2.72 bits per heavy atom. The number of guanidine groups is 1. The van der Waals surface area contributed by atoms with E-state index < -0.39 is 0 Å². The van der Waals surface area contributed by atoms with Crippen LogP contribution in [0.4, 0.5) is 5.69 Å². The molecule has 2 aromatic rings. The predicted octanol–water partition coefficient (Wildman–Crippen LogP) is 3.16. The van der Waals surface area contributed by atoms with Gasteiger partial charge >= 0.3 is 0 Å². The second-order valence-corrected chi connectivity index (χ2v) is 7.20. The summed E-state index contributed by atoms with van der Waals surface area (Å²) in [6.45, 7) is 4.55. The van der Waals surface area contributed by atoms with Gasteiger partial charge in [0.25, 0.3) is 0 Å². The second-order valence-electron chi connectivity index (χ2n) is 7.20. The highest BCUT2D eigenvalue weighted by atomic mass is 16.5. The molecule has 6 heteroatoms. The average molecular weight is 397 g/mol. The van der Waals surface area contributed by atoms with Crippen molar-refractivity contribution in [3.63, 3.8) is 0 Å². The molecule has 0 bridgehead atoms. The zero-order valence-corrected chi connectivity index (χ0v) is 17.4. The van der Waals surface area contributed by atoms with Gasteiger partial charge < -0.3 is 25.0 Å². The van der Waals surface area contributed by atoms with Gasteiger partial charge in [0.2, 0.25) is 0 Å². The molecule has 0 spiro atoms. The van der Waals surface area contributed by atoms with E-state index in [2.05, 4.69) is 32.7 Å². The standard InChI is InChI=1S/C23H32N4O2/c1-24-23(25-13-7-15-29-21-9-4-3-5-10-21)26-17-19-12-14-27(18-19)20-8-6-11-22(16-20)28-2/h3-6,8-11,16,19H,7,12-15,17-18H2,1-2H3,(H2,24,25,26). The van der Waals surface area contributed by atoms with Gasteiger partial charge in [-0.15, -0.1) is 0 Å². The monoisotopic (exact) mass is 396 g/mol. The first-order valence-corrected chi connectivity index (χ1v) is 10.3. The van der Waals surface area contributed by atoms with Crippen LogP contribution in [0.15, 0.2) is 59.6 Å². The lowest BCUT2D eigenvalue weighted by Crippen LogP contribution is -2.40. The van der Waals surface area contributed by atoms with Crippen molar-refractivity contribution in [3.05, 3.63) is 54.6 Å². The molecule has 0 aromatic heterocycles. The molecule has 1 heterocycles. The maximum atomic E-state index is 5.72. The van der Waals surface area contributed by atoms with Crippen LogP contribution in [0.2, 0.25) is 0 Å². The lowest BCUT2D eigenvalue weighted by molar-refractivity contribution is 0.311. The highest BCUT2D eigenvalue weighted by molar-refractivity contribution is 5.79. The van der Waals surface area contributed by atoms with Gasteiger partial charge in [-0.05, 0) is 43.0 Å². The number of hydrogen-bond acceptors (Lipinski definition) is 4. The Labute approximate surface area is 173 Å². The largest absolute Gasteiger partial charge is 0.497 e. The van der Waals surface area contributed by atoms with Gasteiger partial charge in [0.15, 0.2) is 5.96 Å². The fraction of sp³-hybridized carbons (Fsp3) is 0.435. The van der Waals surface area contributed by atoms with Crippen molar-refractivity contribution in [1.82, 2.24) is 10.6 Å². The van der Waals surface area contributed by atoms with Gasteiger partial charge in [-0.25, -0.2) is 0 Å². The minimum atomic E-state index is 0.598. The van der Waals surface area contributed by atoms with Gasteiger partial charge in [0, 0.05) is 45.0 Å². The third-order valence-electron chi connectivity index (χ3n) is 5.11. The quantitative estimate of drug-likeness (QED) is 0.387. The van der Waals surface area contributed by atoms with E-state index in [1.807, 2.05) is 49.5 Å². The molecule has 0 saturated carbocycles. The highest BCUT2D eigenvalue weighted by Crippen LogP contribution is 2.26. The van der Waals surface area contributed by atoms with Crippen LogP contribution in [0, 0.1) is 5.92 Å². The summed E-state index contributed by atoms with van der Waals surface area (Å²) in [4.78, 5) is 6.75. The van der Waals surface area contributed by atoms with E-state index in [0.29, 0.717) is 12.5 Å². The summed E-state index contributed by atoms with van der Waals surface area (Å²) in [6, 6.07) is 18.2. The zero-order chi connectivity index (χ0) is 20.3. The molecule has 0 aliphatic carbocycles. The van der Waals surface area contributed by atoms with Crippen LogP contribution in [-0.2, 0) is 0 Å². The number of anilines is 1. The van der Waals surface area contributed by atoms with Gasteiger partial charge in [-0.3, -0.25) is 4.99 Å². The van der Waals surface area contributed by atoms with Crippen molar-refractivity contribution in [2.45, 2.75) is 12.8 Å². The number of nitrogens with one attached hydrogen (secondary N) is 2. The van der Waals surface area contributed by atoms with Crippen LogP contribution >= 0.6 is 0 Å². The summed E-state index contributed by atoms with van der Waals surface area (Å²) < 4.78 is 11.1. The Bertz CT molecular complexity index is 766. The number of nitrogens with zero attached hydrogens (tertiary/aromatic N) is 2. The molecule has 2 N–H and O–H groups in total. The Hall–Kier alpha value is -2.89. The molecule has 29 heavy (non-hydrogen) atoms. The first kappa shape index (κ1) is 20.8. The van der Waals surface area contributed by atoms with Crippen LogP contribution in [0.5, 0.6) is 11.5 Å². The number of ether oxygens (including phenoxy) is 2.